The standard InChI is InChI=1S/C27H25N5O5S2/c1-3-37-20-12-10-18(11-13-20)31-26(34)24-21-8-5-9-22(21)39-25(24)28-27(31)38-15-23(33)30-29-16(2)17-6-4-7-19(14-17)32(35)36/h4,6-7,10-14H,3,5,8-9,15H2,1-2H3,(H,30,33). The molecular formula is C27H25N5O5S2. The Balaban J connectivity index is 1.40. The van der Waals surface area contributed by atoms with Crippen molar-refractivity contribution in [3.8, 4) is 11.4 Å². The van der Waals surface area contributed by atoms with E-state index in [0.29, 0.717) is 44.7 Å². The molecule has 39 heavy (non-hydrogen) atoms. The molecule has 0 aliphatic heterocycles. The minimum absolute atomic E-state index is 0.0359. The molecule has 1 aliphatic rings. The molecule has 1 N–H and O–H groups in total. The Bertz CT molecular complexity index is 1660. The van der Waals surface area contributed by atoms with E-state index in [4.69, 9.17) is 9.72 Å². The van der Waals surface area contributed by atoms with Crippen molar-refractivity contribution in [1.29, 1.82) is 0 Å². The molecule has 4 aromatic rings. The number of aromatic nitrogens is 2. The largest absolute Gasteiger partial charge is 0.494 e. The van der Waals surface area contributed by atoms with Gasteiger partial charge in [0.1, 0.15) is 10.6 Å². The molecule has 2 heterocycles. The van der Waals surface area contributed by atoms with E-state index in [1.165, 1.54) is 17.0 Å². The number of nitrogens with one attached hydrogen (secondary N) is 1. The number of ether oxygens (including phenoxy) is 1. The van der Waals surface area contributed by atoms with Crippen LogP contribution in [0.5, 0.6) is 5.75 Å². The highest BCUT2D eigenvalue weighted by Gasteiger charge is 2.24. The first-order valence-electron chi connectivity index (χ1n) is 12.4. The maximum atomic E-state index is 13.8. The summed E-state index contributed by atoms with van der Waals surface area (Å²) < 4.78 is 7.10. The number of amides is 1. The first-order valence-corrected chi connectivity index (χ1v) is 14.2. The maximum Gasteiger partial charge on any atom is 0.270 e. The number of thioether (sulfide) groups is 1. The first kappa shape index (κ1) is 26.6. The zero-order valence-corrected chi connectivity index (χ0v) is 22.9. The van der Waals surface area contributed by atoms with E-state index in [1.807, 2.05) is 19.1 Å². The van der Waals surface area contributed by atoms with E-state index < -0.39 is 10.8 Å². The van der Waals surface area contributed by atoms with Gasteiger partial charge in [0.25, 0.3) is 17.2 Å². The third-order valence-corrected chi connectivity index (χ3v) is 8.39. The fourth-order valence-electron chi connectivity index (χ4n) is 4.42. The highest BCUT2D eigenvalue weighted by Crippen LogP contribution is 2.36. The van der Waals surface area contributed by atoms with Crippen molar-refractivity contribution in [2.24, 2.45) is 5.10 Å². The van der Waals surface area contributed by atoms with Gasteiger partial charge in [-0.25, -0.2) is 10.4 Å². The SMILES string of the molecule is CCOc1ccc(-n2c(SCC(=O)NN=C(C)c3cccc([N+](=O)[O-])c3)nc3sc4c(c3c2=O)CCC4)cc1. The van der Waals surface area contributed by atoms with Crippen molar-refractivity contribution in [2.75, 3.05) is 12.4 Å². The van der Waals surface area contributed by atoms with Gasteiger partial charge in [0.05, 0.1) is 34.1 Å². The lowest BCUT2D eigenvalue weighted by molar-refractivity contribution is -0.384. The Kier molecular flexibility index (Phi) is 7.75. The van der Waals surface area contributed by atoms with Crippen molar-refractivity contribution in [3.05, 3.63) is 85.0 Å². The molecule has 0 saturated heterocycles. The zero-order valence-electron chi connectivity index (χ0n) is 21.3. The van der Waals surface area contributed by atoms with Crippen LogP contribution in [0.3, 0.4) is 0 Å². The molecular weight excluding hydrogens is 538 g/mol. The van der Waals surface area contributed by atoms with Crippen LogP contribution in [0.1, 0.15) is 36.3 Å². The normalized spacial score (nSPS) is 12.9. The summed E-state index contributed by atoms with van der Waals surface area (Å²) in [5, 5.41) is 16.2. The second-order valence-corrected chi connectivity index (χ2v) is 10.9. The van der Waals surface area contributed by atoms with Gasteiger partial charge in [-0.1, -0.05) is 23.9 Å². The van der Waals surface area contributed by atoms with Gasteiger partial charge < -0.3 is 4.74 Å². The van der Waals surface area contributed by atoms with Crippen LogP contribution in [0.4, 0.5) is 5.69 Å². The summed E-state index contributed by atoms with van der Waals surface area (Å²) in [6.45, 7) is 4.09. The summed E-state index contributed by atoms with van der Waals surface area (Å²) in [5.74, 6) is 0.266. The van der Waals surface area contributed by atoms with Crippen LogP contribution in [0.25, 0.3) is 15.9 Å². The highest BCUT2D eigenvalue weighted by molar-refractivity contribution is 7.99. The van der Waals surface area contributed by atoms with E-state index >= 15 is 0 Å². The molecule has 5 rings (SSSR count). The molecule has 0 radical (unpaired) electrons. The summed E-state index contributed by atoms with van der Waals surface area (Å²) in [6.07, 6.45) is 2.85. The molecule has 0 fully saturated rings. The number of thiophene rings is 1. The molecule has 0 bridgehead atoms. The van der Waals surface area contributed by atoms with E-state index in [9.17, 15) is 19.7 Å². The predicted molar refractivity (Wildman–Crippen MR) is 153 cm³/mol. The molecule has 2 aromatic heterocycles. The number of nitro benzene ring substituents is 1. The summed E-state index contributed by atoms with van der Waals surface area (Å²) >= 11 is 2.69. The van der Waals surface area contributed by atoms with Crippen LogP contribution in [0.15, 0.2) is 63.6 Å². The van der Waals surface area contributed by atoms with E-state index in [-0.39, 0.29) is 17.0 Å². The van der Waals surface area contributed by atoms with Gasteiger partial charge in [-0.2, -0.15) is 5.10 Å². The molecule has 12 heteroatoms. The van der Waals surface area contributed by atoms with E-state index in [2.05, 4.69) is 10.5 Å². The first-order chi connectivity index (χ1) is 18.9. The number of hydrogen-bond acceptors (Lipinski definition) is 9. The fourth-order valence-corrected chi connectivity index (χ4v) is 6.53. The molecule has 200 valence electrons. The van der Waals surface area contributed by atoms with Crippen molar-refractivity contribution < 1.29 is 14.5 Å². The number of non-ortho nitro benzene ring substituents is 1. The highest BCUT2D eigenvalue weighted by atomic mass is 32.2. The second kappa shape index (κ2) is 11.4. The minimum Gasteiger partial charge on any atom is -0.494 e. The van der Waals surface area contributed by atoms with Crippen LogP contribution in [0.2, 0.25) is 0 Å². The topological polar surface area (TPSA) is 129 Å². The van der Waals surface area contributed by atoms with Crippen LogP contribution < -0.4 is 15.7 Å². The lowest BCUT2D eigenvalue weighted by Gasteiger charge is -2.13. The summed E-state index contributed by atoms with van der Waals surface area (Å²) in [5.41, 5.74) is 4.97. The lowest BCUT2D eigenvalue weighted by Crippen LogP contribution is -2.24. The number of hydrogen-bond donors (Lipinski definition) is 1. The molecule has 10 nitrogen and oxygen atoms in total. The zero-order chi connectivity index (χ0) is 27.5. The fraction of sp³-hybridized carbons (Fsp3) is 0.259. The molecule has 0 atom stereocenters. The average Bonchev–Trinajstić information content (AvgIpc) is 3.52. The molecule has 1 amide bonds. The summed E-state index contributed by atoms with van der Waals surface area (Å²) in [6, 6.07) is 13.3. The number of benzene rings is 2. The van der Waals surface area contributed by atoms with Gasteiger partial charge in [0.2, 0.25) is 0 Å². The number of rotatable bonds is 9. The quantitative estimate of drug-likeness (QED) is 0.101. The molecule has 0 saturated carbocycles. The number of nitro groups is 1. The van der Waals surface area contributed by atoms with Crippen molar-refractivity contribution in [2.45, 2.75) is 38.3 Å². The lowest BCUT2D eigenvalue weighted by atomic mass is 10.1. The minimum atomic E-state index is -0.484. The van der Waals surface area contributed by atoms with Crippen molar-refractivity contribution >= 4 is 50.6 Å². The van der Waals surface area contributed by atoms with Crippen molar-refractivity contribution in [3.63, 3.8) is 0 Å². The van der Waals surface area contributed by atoms with Crippen LogP contribution in [0, 0.1) is 10.1 Å². The third-order valence-electron chi connectivity index (χ3n) is 6.27. The Morgan fingerprint density at radius 1 is 1.26 bits per heavy atom. The molecule has 0 spiro atoms. The number of carbonyl (C=O) groups excluding carboxylic acids is 1. The molecule has 2 aromatic carbocycles. The number of fused-ring (bicyclic) bond motifs is 3. The Labute approximate surface area is 231 Å². The third kappa shape index (κ3) is 5.57. The van der Waals surface area contributed by atoms with Gasteiger partial charge in [0, 0.05) is 22.6 Å². The smallest absolute Gasteiger partial charge is 0.270 e. The molecule has 1 aliphatic carbocycles. The predicted octanol–water partition coefficient (Wildman–Crippen LogP) is 4.88. The number of aryl methyl sites for hydroxylation is 2. The number of nitrogens with zero attached hydrogens (tertiary/aromatic N) is 4. The van der Waals surface area contributed by atoms with Gasteiger partial charge in [0.15, 0.2) is 5.16 Å². The summed E-state index contributed by atoms with van der Waals surface area (Å²) in [4.78, 5) is 43.7. The second-order valence-electron chi connectivity index (χ2n) is 8.83. The van der Waals surface area contributed by atoms with Crippen molar-refractivity contribution in [1.82, 2.24) is 15.0 Å². The van der Waals surface area contributed by atoms with Gasteiger partial charge in [-0.15, -0.1) is 11.3 Å². The van der Waals surface area contributed by atoms with Gasteiger partial charge in [-0.3, -0.25) is 24.3 Å². The Morgan fingerprint density at radius 2 is 2.05 bits per heavy atom. The Hall–Kier alpha value is -4.03. The van der Waals surface area contributed by atoms with Gasteiger partial charge in [-0.05, 0) is 62.9 Å². The number of hydrazone groups is 1. The van der Waals surface area contributed by atoms with Gasteiger partial charge >= 0.3 is 0 Å². The van der Waals surface area contributed by atoms with E-state index in [1.54, 1.807) is 47.1 Å². The summed E-state index contributed by atoms with van der Waals surface area (Å²) in [7, 11) is 0. The van der Waals surface area contributed by atoms with Crippen LogP contribution >= 0.6 is 23.1 Å². The van der Waals surface area contributed by atoms with E-state index in [0.717, 1.165) is 36.6 Å². The average molecular weight is 564 g/mol. The van der Waals surface area contributed by atoms with Crippen LogP contribution in [-0.4, -0.2) is 38.5 Å². The maximum absolute atomic E-state index is 13.8. The monoisotopic (exact) mass is 563 g/mol. The molecule has 0 unspecified atom stereocenters. The van der Waals surface area contributed by atoms with Crippen LogP contribution in [-0.2, 0) is 17.6 Å². The number of carbonyl (C=O) groups is 1. The Morgan fingerprint density at radius 3 is 2.79 bits per heavy atom.